The van der Waals surface area contributed by atoms with Gasteiger partial charge in [0.25, 0.3) is 0 Å². The Morgan fingerprint density at radius 2 is 1.90 bits per heavy atom. The van der Waals surface area contributed by atoms with E-state index in [9.17, 15) is 9.90 Å². The number of carbonyl (C=O) groups excluding carboxylic acids is 1. The lowest BCUT2D eigenvalue weighted by Gasteiger charge is -2.34. The molecule has 2 heterocycles. The van der Waals surface area contributed by atoms with Crippen LogP contribution in [0.25, 0.3) is 16.7 Å². The molecule has 0 radical (unpaired) electrons. The van der Waals surface area contributed by atoms with Gasteiger partial charge in [-0.3, -0.25) is 4.79 Å². The number of halogens is 1. The van der Waals surface area contributed by atoms with E-state index in [1.807, 2.05) is 43.3 Å². The molecule has 5 heteroatoms. The molecule has 0 spiro atoms. The minimum Gasteiger partial charge on any atom is -0.508 e. The maximum Gasteiger partial charge on any atom is 0.195 e. The summed E-state index contributed by atoms with van der Waals surface area (Å²) in [7, 11) is 0. The van der Waals surface area contributed by atoms with Crippen molar-refractivity contribution in [3.8, 4) is 11.1 Å². The highest BCUT2D eigenvalue weighted by atomic mass is 35.5. The fraction of sp³-hybridized carbons (Fsp3) is 0.375. The summed E-state index contributed by atoms with van der Waals surface area (Å²) in [4.78, 5) is 13.1. The number of hydrogen-bond acceptors (Lipinski definition) is 4. The Labute approximate surface area is 176 Å². The predicted octanol–water partition coefficient (Wildman–Crippen LogP) is 5.38. The summed E-state index contributed by atoms with van der Waals surface area (Å²) in [6.07, 6.45) is 1.42. The van der Waals surface area contributed by atoms with Crippen LogP contribution in [0.15, 0.2) is 48.2 Å². The third-order valence-corrected chi connectivity index (χ3v) is 6.11. The Kier molecular flexibility index (Phi) is 5.52. The highest BCUT2D eigenvalue weighted by Gasteiger charge is 2.53. The quantitative estimate of drug-likeness (QED) is 0.692. The Hall–Kier alpha value is -2.14. The number of ether oxygens (including phenoxy) is 2. The van der Waals surface area contributed by atoms with Crippen LogP contribution in [0.5, 0.6) is 0 Å². The van der Waals surface area contributed by atoms with Crippen LogP contribution in [-0.2, 0) is 20.7 Å². The lowest BCUT2D eigenvalue weighted by molar-refractivity contribution is -0.138. The third kappa shape index (κ3) is 3.50. The minimum atomic E-state index is -0.913. The van der Waals surface area contributed by atoms with Crippen LogP contribution in [0, 0.1) is 0 Å². The van der Waals surface area contributed by atoms with Gasteiger partial charge in [-0.1, -0.05) is 48.9 Å². The molecule has 2 aromatic rings. The molecule has 2 aromatic carbocycles. The fourth-order valence-corrected chi connectivity index (χ4v) is 4.40. The number of rotatable bonds is 6. The number of fused-ring (bicyclic) bond motifs is 2. The van der Waals surface area contributed by atoms with E-state index >= 15 is 0 Å². The molecule has 4 rings (SSSR count). The molecular formula is C24H25ClO4. The molecule has 29 heavy (non-hydrogen) atoms. The maximum atomic E-state index is 13.1. The lowest BCUT2D eigenvalue weighted by Crippen LogP contribution is -2.43. The molecule has 1 saturated heterocycles. The van der Waals surface area contributed by atoms with E-state index < -0.39 is 11.7 Å². The number of hydrogen-bond donors (Lipinski definition) is 1. The highest BCUT2D eigenvalue weighted by molar-refractivity contribution is 6.30. The second-order valence-electron chi connectivity index (χ2n) is 7.60. The van der Waals surface area contributed by atoms with Gasteiger partial charge in [0.05, 0.1) is 12.2 Å². The molecule has 0 saturated carbocycles. The summed E-state index contributed by atoms with van der Waals surface area (Å²) in [6, 6.07) is 13.7. The number of aliphatic hydroxyl groups excluding tert-OH is 1. The van der Waals surface area contributed by atoms with Gasteiger partial charge in [-0.05, 0) is 60.6 Å². The number of benzene rings is 2. The zero-order chi connectivity index (χ0) is 20.6. The molecule has 2 unspecified atom stereocenters. The van der Waals surface area contributed by atoms with Gasteiger partial charge in [-0.2, -0.15) is 0 Å². The summed E-state index contributed by atoms with van der Waals surface area (Å²) >= 11 is 6.01. The summed E-state index contributed by atoms with van der Waals surface area (Å²) in [5, 5.41) is 11.8. The van der Waals surface area contributed by atoms with Crippen molar-refractivity contribution >= 4 is 23.0 Å². The molecule has 152 valence electrons. The van der Waals surface area contributed by atoms with Crippen LogP contribution in [-0.4, -0.2) is 35.8 Å². The molecule has 2 bridgehead atoms. The Bertz CT molecular complexity index is 963. The van der Waals surface area contributed by atoms with Gasteiger partial charge in [0.1, 0.15) is 17.5 Å². The van der Waals surface area contributed by atoms with Crippen LogP contribution < -0.4 is 0 Å². The van der Waals surface area contributed by atoms with E-state index in [4.69, 9.17) is 21.1 Å². The number of aliphatic hydroxyl groups is 1. The van der Waals surface area contributed by atoms with Gasteiger partial charge in [0, 0.05) is 11.6 Å². The molecule has 0 amide bonds. The number of ketones is 1. The van der Waals surface area contributed by atoms with Crippen molar-refractivity contribution in [2.24, 2.45) is 0 Å². The molecule has 4 nitrogen and oxygen atoms in total. The van der Waals surface area contributed by atoms with Gasteiger partial charge in [0.2, 0.25) is 0 Å². The number of Topliss-reactive ketones (excluding diaryl/α,β-unsaturated/α-hetero) is 1. The standard InChI is InChI=1S/C24H25ClO4/c1-3-15-13-17(16-5-8-18(25)9-6-16)7-10-19(15)21-22(26)20-11-12-24(29-20,23(21)27)14-28-4-2/h5-10,13,20,27H,3-4,11-12,14H2,1-2H3. The number of carbonyl (C=O) groups is 1. The largest absolute Gasteiger partial charge is 0.508 e. The second kappa shape index (κ2) is 7.94. The molecule has 2 aliphatic rings. The topological polar surface area (TPSA) is 55.8 Å². The molecule has 0 aromatic heterocycles. The van der Waals surface area contributed by atoms with Gasteiger partial charge >= 0.3 is 0 Å². The first kappa shape index (κ1) is 20.1. The number of aryl methyl sites for hydroxylation is 1. The first-order valence-corrected chi connectivity index (χ1v) is 10.5. The summed E-state index contributed by atoms with van der Waals surface area (Å²) < 4.78 is 11.5. The van der Waals surface area contributed by atoms with Crippen molar-refractivity contribution < 1.29 is 19.4 Å². The first-order valence-electron chi connectivity index (χ1n) is 10.1. The molecule has 0 aliphatic carbocycles. The van der Waals surface area contributed by atoms with E-state index in [2.05, 4.69) is 13.0 Å². The maximum absolute atomic E-state index is 13.1. The average Bonchev–Trinajstić information content (AvgIpc) is 3.15. The Balaban J connectivity index is 1.79. The van der Waals surface area contributed by atoms with Crippen LogP contribution in [0.4, 0.5) is 0 Å². The van der Waals surface area contributed by atoms with E-state index in [1.54, 1.807) is 0 Å². The highest BCUT2D eigenvalue weighted by Crippen LogP contribution is 2.46. The lowest BCUT2D eigenvalue weighted by atomic mass is 9.86. The summed E-state index contributed by atoms with van der Waals surface area (Å²) in [5.41, 5.74) is 3.37. The van der Waals surface area contributed by atoms with Crippen molar-refractivity contribution in [3.05, 3.63) is 64.4 Å². The van der Waals surface area contributed by atoms with Crippen molar-refractivity contribution in [2.45, 2.75) is 44.8 Å². The second-order valence-corrected chi connectivity index (χ2v) is 8.03. The van der Waals surface area contributed by atoms with E-state index in [0.717, 1.165) is 28.7 Å². The van der Waals surface area contributed by atoms with Crippen molar-refractivity contribution in [2.75, 3.05) is 13.2 Å². The van der Waals surface area contributed by atoms with E-state index in [0.29, 0.717) is 30.0 Å². The molecule has 2 aliphatic heterocycles. The monoisotopic (exact) mass is 412 g/mol. The van der Waals surface area contributed by atoms with Crippen LogP contribution in [0.1, 0.15) is 37.8 Å². The van der Waals surface area contributed by atoms with Gasteiger partial charge < -0.3 is 14.6 Å². The SMILES string of the molecule is CCOCC12CCC(O1)C(=O)C(c1ccc(-c3ccc(Cl)cc3)cc1CC)=C2O. The van der Waals surface area contributed by atoms with E-state index in [1.165, 1.54) is 0 Å². The molecule has 2 atom stereocenters. The molecule has 1 N–H and O–H groups in total. The third-order valence-electron chi connectivity index (χ3n) is 5.86. The van der Waals surface area contributed by atoms with Crippen LogP contribution in [0.3, 0.4) is 0 Å². The van der Waals surface area contributed by atoms with Gasteiger partial charge in [-0.25, -0.2) is 0 Å². The first-order chi connectivity index (χ1) is 14.0. The molecule has 1 fully saturated rings. The van der Waals surface area contributed by atoms with E-state index in [-0.39, 0.29) is 18.1 Å². The Morgan fingerprint density at radius 1 is 1.17 bits per heavy atom. The minimum absolute atomic E-state index is 0.0126. The van der Waals surface area contributed by atoms with Gasteiger partial charge in [-0.15, -0.1) is 0 Å². The zero-order valence-corrected chi connectivity index (χ0v) is 17.5. The van der Waals surface area contributed by atoms with Crippen LogP contribution in [0.2, 0.25) is 5.02 Å². The zero-order valence-electron chi connectivity index (χ0n) is 16.7. The van der Waals surface area contributed by atoms with Crippen molar-refractivity contribution in [1.82, 2.24) is 0 Å². The molecular weight excluding hydrogens is 388 g/mol. The Morgan fingerprint density at radius 3 is 2.59 bits per heavy atom. The average molecular weight is 413 g/mol. The smallest absolute Gasteiger partial charge is 0.195 e. The van der Waals surface area contributed by atoms with Gasteiger partial charge in [0.15, 0.2) is 5.78 Å². The van der Waals surface area contributed by atoms with Crippen molar-refractivity contribution in [1.29, 1.82) is 0 Å². The van der Waals surface area contributed by atoms with Crippen LogP contribution >= 0.6 is 11.6 Å². The normalized spacial score (nSPS) is 23.7. The fourth-order valence-electron chi connectivity index (χ4n) is 4.27. The van der Waals surface area contributed by atoms with Crippen molar-refractivity contribution in [3.63, 3.8) is 0 Å². The predicted molar refractivity (Wildman–Crippen MR) is 114 cm³/mol. The summed E-state index contributed by atoms with van der Waals surface area (Å²) in [5.74, 6) is -0.125. The summed E-state index contributed by atoms with van der Waals surface area (Å²) in [6.45, 7) is 4.75.